The molecule has 22 heteroatoms. The van der Waals surface area contributed by atoms with Gasteiger partial charge in [-0.2, -0.15) is 0 Å². The van der Waals surface area contributed by atoms with Gasteiger partial charge in [0.2, 0.25) is 18.3 Å². The van der Waals surface area contributed by atoms with Crippen LogP contribution in [0.1, 0.15) is 72.5 Å². The third-order valence-electron chi connectivity index (χ3n) is 13.0. The van der Waals surface area contributed by atoms with E-state index in [9.17, 15) is 33.6 Å². The fourth-order valence-electron chi connectivity index (χ4n) is 8.85. The van der Waals surface area contributed by atoms with Crippen LogP contribution in [0, 0.1) is 5.41 Å². The second kappa shape index (κ2) is 28.6. The Morgan fingerprint density at radius 3 is 0.894 bits per heavy atom. The van der Waals surface area contributed by atoms with E-state index in [4.69, 9.17) is 92.3 Å². The lowest BCUT2D eigenvalue weighted by Crippen LogP contribution is -2.67. The molecular formula is C63H50Cl3NO18. The van der Waals surface area contributed by atoms with Gasteiger partial charge in [0.05, 0.1) is 38.9 Å². The maximum absolute atomic E-state index is 14.6. The first-order chi connectivity index (χ1) is 41.1. The van der Waals surface area contributed by atoms with Gasteiger partial charge in [0.15, 0.2) is 30.7 Å². The van der Waals surface area contributed by atoms with Crippen LogP contribution in [0.15, 0.2) is 212 Å². The van der Waals surface area contributed by atoms with E-state index in [0.717, 1.165) is 0 Å². The maximum atomic E-state index is 14.6. The molecule has 0 unspecified atom stereocenters. The van der Waals surface area contributed by atoms with Crippen molar-refractivity contribution in [1.29, 1.82) is 5.41 Å². The zero-order valence-electron chi connectivity index (χ0n) is 44.4. The number of carbonyl (C=O) groups is 7. The molecule has 0 bridgehead atoms. The van der Waals surface area contributed by atoms with Crippen LogP contribution in [0.25, 0.3) is 0 Å². The molecule has 436 valence electrons. The summed E-state index contributed by atoms with van der Waals surface area (Å²) in [6.07, 6.45) is -19.8. The number of alkyl halides is 3. The Morgan fingerprint density at radius 1 is 0.329 bits per heavy atom. The van der Waals surface area contributed by atoms with Gasteiger partial charge < -0.3 is 52.1 Å². The van der Waals surface area contributed by atoms with Crippen molar-refractivity contribution >= 4 is 82.5 Å². The van der Waals surface area contributed by atoms with E-state index in [2.05, 4.69) is 0 Å². The van der Waals surface area contributed by atoms with Gasteiger partial charge in [0.1, 0.15) is 31.5 Å². The molecule has 1 N–H and O–H groups in total. The Kier molecular flexibility index (Phi) is 20.4. The normalized spacial score (nSPS) is 21.8. The molecule has 0 saturated carbocycles. The highest BCUT2D eigenvalue weighted by Crippen LogP contribution is 2.38. The van der Waals surface area contributed by atoms with Crippen molar-refractivity contribution in [2.45, 2.75) is 65.2 Å². The molecule has 2 aliphatic heterocycles. The zero-order chi connectivity index (χ0) is 59.9. The van der Waals surface area contributed by atoms with Crippen molar-refractivity contribution in [2.75, 3.05) is 13.2 Å². The van der Waals surface area contributed by atoms with E-state index in [1.165, 1.54) is 109 Å². The highest BCUT2D eigenvalue weighted by atomic mass is 35.6. The van der Waals surface area contributed by atoms with Gasteiger partial charge >= 0.3 is 41.8 Å². The van der Waals surface area contributed by atoms with Crippen LogP contribution >= 0.6 is 34.8 Å². The van der Waals surface area contributed by atoms with Crippen molar-refractivity contribution in [1.82, 2.24) is 0 Å². The number of nitrogens with one attached hydrogen (secondary N) is 1. The summed E-state index contributed by atoms with van der Waals surface area (Å²) >= 11 is 18.5. The summed E-state index contributed by atoms with van der Waals surface area (Å²) in [7, 11) is 0. The van der Waals surface area contributed by atoms with Crippen molar-refractivity contribution in [3.63, 3.8) is 0 Å². The number of esters is 7. The first-order valence-electron chi connectivity index (χ1n) is 26.1. The molecule has 0 aliphatic carbocycles. The summed E-state index contributed by atoms with van der Waals surface area (Å²) in [5.41, 5.74) is 0.00502. The number of ether oxygens (including phenoxy) is 11. The number of rotatable bonds is 19. The molecule has 2 saturated heterocycles. The molecule has 2 fully saturated rings. The van der Waals surface area contributed by atoms with Crippen LogP contribution in [0.4, 0.5) is 0 Å². The number of hydrogen-bond acceptors (Lipinski definition) is 19. The van der Waals surface area contributed by atoms with Crippen LogP contribution in [0.2, 0.25) is 0 Å². The highest BCUT2D eigenvalue weighted by molar-refractivity contribution is 6.76. The summed E-state index contributed by atoms with van der Waals surface area (Å²) in [6, 6.07) is 53.3. The Labute approximate surface area is 500 Å². The molecule has 10 atom stereocenters. The zero-order valence-corrected chi connectivity index (χ0v) is 46.6. The van der Waals surface area contributed by atoms with Gasteiger partial charge in [0, 0.05) is 0 Å². The van der Waals surface area contributed by atoms with Gasteiger partial charge in [0.25, 0.3) is 3.79 Å². The molecule has 2 aliphatic rings. The molecule has 7 aromatic rings. The van der Waals surface area contributed by atoms with Crippen molar-refractivity contribution in [2.24, 2.45) is 0 Å². The monoisotopic (exact) mass is 1210 g/mol. The van der Waals surface area contributed by atoms with Crippen LogP contribution in [-0.4, -0.2) is 126 Å². The maximum Gasteiger partial charge on any atom is 0.338 e. The Morgan fingerprint density at radius 2 is 0.576 bits per heavy atom. The lowest BCUT2D eigenvalue weighted by molar-refractivity contribution is -0.350. The molecule has 0 amide bonds. The van der Waals surface area contributed by atoms with Gasteiger partial charge in [-0.25, -0.2) is 33.6 Å². The predicted molar refractivity (Wildman–Crippen MR) is 303 cm³/mol. The molecule has 9 rings (SSSR count). The topological polar surface area (TPSA) is 245 Å². The first-order valence-corrected chi connectivity index (χ1v) is 27.3. The average molecular weight is 1220 g/mol. The minimum absolute atomic E-state index is 0.0119. The predicted octanol–water partition coefficient (Wildman–Crippen LogP) is 10.0. The Balaban J connectivity index is 1.22. The summed E-state index contributed by atoms with van der Waals surface area (Å²) in [6.45, 7) is -1.64. The number of halogens is 3. The van der Waals surface area contributed by atoms with Crippen LogP contribution in [0.5, 0.6) is 0 Å². The molecule has 85 heavy (non-hydrogen) atoms. The van der Waals surface area contributed by atoms with Crippen molar-refractivity contribution in [3.8, 4) is 0 Å². The fourth-order valence-corrected chi connectivity index (χ4v) is 8.99. The fraction of sp³-hybridized carbons (Fsp3) is 0.206. The van der Waals surface area contributed by atoms with E-state index >= 15 is 0 Å². The molecule has 0 aromatic heterocycles. The van der Waals surface area contributed by atoms with E-state index in [-0.39, 0.29) is 38.9 Å². The van der Waals surface area contributed by atoms with Gasteiger partial charge in [-0.15, -0.1) is 0 Å². The SMILES string of the molecule is N=C(O[C@H]1O[C@H](COC(=O)c2ccccc2)[C@@H](O[C@@H]2O[C@H](COC(=O)c3ccccc3)[C@@H](OC(=O)c3ccccc3)[C@H](OC(=O)c3ccccc3)[C@H]2OC(=O)c2ccccc2)[C@H](OC(=O)c2ccccc2)[C@H]1OC(=O)c1ccccc1)C(Cl)(Cl)Cl. The number of hydrogen-bond donors (Lipinski definition) is 1. The minimum Gasteiger partial charge on any atom is -0.459 e. The Hall–Kier alpha value is -8.95. The minimum atomic E-state index is -2.59. The lowest BCUT2D eigenvalue weighted by atomic mass is 9.95. The molecule has 7 aromatic carbocycles. The van der Waals surface area contributed by atoms with Crippen molar-refractivity contribution < 1.29 is 85.7 Å². The average Bonchev–Trinajstić information content (AvgIpc) is 1.60. The summed E-state index contributed by atoms with van der Waals surface area (Å²) in [4.78, 5) is 100. The van der Waals surface area contributed by atoms with E-state index in [1.807, 2.05) is 0 Å². The van der Waals surface area contributed by atoms with E-state index < -0.39 is 126 Å². The Bertz CT molecular complexity index is 3420. The van der Waals surface area contributed by atoms with Gasteiger partial charge in [-0.3, -0.25) is 5.41 Å². The number of carbonyl (C=O) groups excluding carboxylic acids is 7. The van der Waals surface area contributed by atoms with Gasteiger partial charge in [-0.05, 0) is 84.9 Å². The summed E-state index contributed by atoms with van der Waals surface area (Å²) in [5, 5.41) is 8.69. The van der Waals surface area contributed by atoms with Gasteiger partial charge in [-0.1, -0.05) is 162 Å². The van der Waals surface area contributed by atoms with Crippen LogP contribution in [0.3, 0.4) is 0 Å². The molecular weight excluding hydrogens is 1170 g/mol. The standard InChI is InChI=1S/C63H50Cl3NO18/c64-63(65,66)62(67)85-61-52(83-59(74)44-34-20-7-21-35-44)50(81-57(72)42-30-16-5-17-31-42)48(46(78-61)37-76-54(69)39-24-10-2-11-25-39)84-60-51(82-58(73)43-32-18-6-19-33-43)49(80-56(71)41-28-14-4-15-29-41)47(79-55(70)40-26-12-3-13-27-40)45(77-60)36-75-53(68)38-22-8-1-9-23-38/h1-35,45-52,60-61,67H,36-37H2/t45-,46-,47-,48-,49+,50+,51-,52-,60+,61-/m1/s1. The third-order valence-corrected chi connectivity index (χ3v) is 13.5. The second-order valence-electron chi connectivity index (χ2n) is 18.7. The summed E-state index contributed by atoms with van der Waals surface area (Å²) in [5.74, 6) is -8.13. The van der Waals surface area contributed by atoms with Crippen LogP contribution in [-0.2, 0) is 52.1 Å². The smallest absolute Gasteiger partial charge is 0.338 e. The van der Waals surface area contributed by atoms with E-state index in [0.29, 0.717) is 0 Å². The summed E-state index contributed by atoms with van der Waals surface area (Å²) < 4.78 is 66.3. The molecule has 0 spiro atoms. The first kappa shape index (κ1) is 60.6. The number of benzene rings is 7. The van der Waals surface area contributed by atoms with E-state index in [1.54, 1.807) is 103 Å². The quantitative estimate of drug-likeness (QED) is 0.0260. The highest BCUT2D eigenvalue weighted by Gasteiger charge is 2.59. The molecule has 19 nitrogen and oxygen atoms in total. The largest absolute Gasteiger partial charge is 0.459 e. The molecule has 2 heterocycles. The second-order valence-corrected chi connectivity index (χ2v) is 21.0. The lowest BCUT2D eigenvalue weighted by Gasteiger charge is -2.48. The third kappa shape index (κ3) is 15.8. The van der Waals surface area contributed by atoms with Crippen molar-refractivity contribution in [3.05, 3.63) is 251 Å². The molecule has 0 radical (unpaired) electrons. The van der Waals surface area contributed by atoms with Crippen LogP contribution < -0.4 is 0 Å².